The highest BCUT2D eigenvalue weighted by Gasteiger charge is 2.41. The summed E-state index contributed by atoms with van der Waals surface area (Å²) < 4.78 is 0. The monoisotopic (exact) mass is 409 g/mol. The van der Waals surface area contributed by atoms with E-state index >= 15 is 0 Å². The number of benzene rings is 4. The molecular formula is C29H30P+. The molecule has 0 saturated heterocycles. The fourth-order valence-corrected chi connectivity index (χ4v) is 7.60. The van der Waals surface area contributed by atoms with E-state index in [1.165, 1.54) is 32.6 Å². The lowest BCUT2D eigenvalue weighted by atomic mass is 9.86. The van der Waals surface area contributed by atoms with Crippen molar-refractivity contribution in [2.45, 2.75) is 26.2 Å². The molecular weight excluding hydrogens is 379 g/mol. The Morgan fingerprint density at radius 3 is 1.50 bits per heavy atom. The SMILES string of the molecule is CC(C)(C)c1ccc(-c2ccccc2[P+](C)(c2ccccc2)c2ccccc2)cc1. The van der Waals surface area contributed by atoms with Gasteiger partial charge in [0.2, 0.25) is 0 Å². The van der Waals surface area contributed by atoms with Crippen molar-refractivity contribution in [3.63, 3.8) is 0 Å². The van der Waals surface area contributed by atoms with Gasteiger partial charge in [0.15, 0.2) is 0 Å². The zero-order valence-corrected chi connectivity index (χ0v) is 19.2. The van der Waals surface area contributed by atoms with Gasteiger partial charge in [0, 0.05) is 5.56 Å². The molecule has 0 atom stereocenters. The highest BCUT2D eigenvalue weighted by Crippen LogP contribution is 2.53. The second-order valence-electron chi connectivity index (χ2n) is 9.02. The normalized spacial score (nSPS) is 12.0. The van der Waals surface area contributed by atoms with Crippen LogP contribution in [0.5, 0.6) is 0 Å². The molecule has 0 bridgehead atoms. The molecule has 0 nitrogen and oxygen atoms in total. The van der Waals surface area contributed by atoms with Crippen LogP contribution in [0.1, 0.15) is 26.3 Å². The van der Waals surface area contributed by atoms with Gasteiger partial charge in [0.1, 0.15) is 23.2 Å². The standard InChI is InChI=1S/C29H30P/c1-29(2,3)24-21-19-23(20-22-24)27-17-11-12-18-28(27)30(4,25-13-7-5-8-14-25)26-15-9-6-10-16-26/h5-22H,1-4H3/q+1. The van der Waals surface area contributed by atoms with Gasteiger partial charge in [-0.1, -0.05) is 99.6 Å². The van der Waals surface area contributed by atoms with Crippen molar-refractivity contribution in [2.75, 3.05) is 6.66 Å². The van der Waals surface area contributed by atoms with E-state index in [1.54, 1.807) is 0 Å². The lowest BCUT2D eigenvalue weighted by Gasteiger charge is -2.26. The van der Waals surface area contributed by atoms with E-state index in [4.69, 9.17) is 0 Å². The van der Waals surface area contributed by atoms with E-state index in [9.17, 15) is 0 Å². The van der Waals surface area contributed by atoms with Crippen LogP contribution in [0.2, 0.25) is 0 Å². The largest absolute Gasteiger partial charge is 0.112 e. The molecule has 4 rings (SSSR count). The zero-order valence-electron chi connectivity index (χ0n) is 18.3. The summed E-state index contributed by atoms with van der Waals surface area (Å²) in [6.45, 7) is 9.26. The quantitative estimate of drug-likeness (QED) is 0.334. The van der Waals surface area contributed by atoms with Crippen LogP contribution in [0, 0.1) is 0 Å². The molecule has 0 spiro atoms. The van der Waals surface area contributed by atoms with Gasteiger partial charge < -0.3 is 0 Å². The minimum Gasteiger partial charge on any atom is -0.0620 e. The molecule has 0 N–H and O–H groups in total. The lowest BCUT2D eigenvalue weighted by Crippen LogP contribution is -2.31. The third-order valence-corrected chi connectivity index (χ3v) is 10.0. The van der Waals surface area contributed by atoms with Crippen LogP contribution in [0.25, 0.3) is 11.1 Å². The molecule has 0 aromatic heterocycles. The molecule has 0 fully saturated rings. The molecule has 0 radical (unpaired) electrons. The Labute approximate surface area is 182 Å². The molecule has 0 aliphatic rings. The predicted octanol–water partition coefficient (Wildman–Crippen LogP) is 6.57. The highest BCUT2D eigenvalue weighted by atomic mass is 31.2. The predicted molar refractivity (Wildman–Crippen MR) is 135 cm³/mol. The lowest BCUT2D eigenvalue weighted by molar-refractivity contribution is 0.590. The first kappa shape index (κ1) is 20.6. The molecule has 0 heterocycles. The zero-order chi connectivity index (χ0) is 21.2. The smallest absolute Gasteiger partial charge is 0.0620 e. The summed E-state index contributed by atoms with van der Waals surface area (Å²) >= 11 is 0. The molecule has 0 saturated carbocycles. The van der Waals surface area contributed by atoms with E-state index in [2.05, 4.69) is 137 Å². The van der Waals surface area contributed by atoms with Crippen molar-refractivity contribution in [1.29, 1.82) is 0 Å². The van der Waals surface area contributed by atoms with Crippen molar-refractivity contribution < 1.29 is 0 Å². The highest BCUT2D eigenvalue weighted by molar-refractivity contribution is 7.95. The van der Waals surface area contributed by atoms with Crippen LogP contribution >= 0.6 is 7.26 Å². The van der Waals surface area contributed by atoms with Gasteiger partial charge >= 0.3 is 0 Å². The molecule has 0 unspecified atom stereocenters. The Kier molecular flexibility index (Phi) is 5.63. The molecule has 4 aromatic carbocycles. The Hall–Kier alpha value is -2.69. The molecule has 30 heavy (non-hydrogen) atoms. The Bertz CT molecular complexity index is 1060. The Morgan fingerprint density at radius 2 is 1.00 bits per heavy atom. The minimum absolute atomic E-state index is 0.160. The van der Waals surface area contributed by atoms with Gasteiger partial charge in [-0.25, -0.2) is 0 Å². The van der Waals surface area contributed by atoms with Gasteiger partial charge in [0.25, 0.3) is 0 Å². The maximum Gasteiger partial charge on any atom is 0.112 e. The molecule has 0 amide bonds. The summed E-state index contributed by atoms with van der Waals surface area (Å²) in [5.41, 5.74) is 4.15. The molecule has 150 valence electrons. The van der Waals surface area contributed by atoms with E-state index in [0.717, 1.165) is 0 Å². The first-order chi connectivity index (χ1) is 14.4. The molecule has 4 aromatic rings. The fourth-order valence-electron chi connectivity index (χ4n) is 4.14. The fraction of sp³-hybridized carbons (Fsp3) is 0.172. The number of rotatable bonds is 4. The van der Waals surface area contributed by atoms with Crippen LogP contribution < -0.4 is 15.9 Å². The van der Waals surface area contributed by atoms with Crippen LogP contribution in [0.15, 0.2) is 109 Å². The topological polar surface area (TPSA) is 0 Å². The summed E-state index contributed by atoms with van der Waals surface area (Å²) in [7, 11) is -1.77. The molecule has 0 aliphatic heterocycles. The maximum absolute atomic E-state index is 2.46. The first-order valence-electron chi connectivity index (χ1n) is 10.6. The van der Waals surface area contributed by atoms with Crippen LogP contribution in [0.4, 0.5) is 0 Å². The maximum atomic E-state index is 2.46. The van der Waals surface area contributed by atoms with Crippen LogP contribution in [0.3, 0.4) is 0 Å². The van der Waals surface area contributed by atoms with Crippen LogP contribution in [-0.2, 0) is 5.41 Å². The first-order valence-corrected chi connectivity index (χ1v) is 12.8. The van der Waals surface area contributed by atoms with Crippen molar-refractivity contribution in [1.82, 2.24) is 0 Å². The summed E-state index contributed by atoms with van der Waals surface area (Å²) in [6.07, 6.45) is 0. The summed E-state index contributed by atoms with van der Waals surface area (Å²) in [5.74, 6) is 0. The van der Waals surface area contributed by atoms with Gasteiger partial charge in [-0.15, -0.1) is 0 Å². The summed E-state index contributed by atoms with van der Waals surface area (Å²) in [4.78, 5) is 0. The van der Waals surface area contributed by atoms with Crippen molar-refractivity contribution >= 4 is 23.2 Å². The summed E-state index contributed by atoms with van der Waals surface area (Å²) in [6, 6.07) is 40.2. The van der Waals surface area contributed by atoms with E-state index < -0.39 is 7.26 Å². The Balaban J connectivity index is 1.92. The van der Waals surface area contributed by atoms with E-state index in [1.807, 2.05) is 0 Å². The number of hydrogen-bond donors (Lipinski definition) is 0. The van der Waals surface area contributed by atoms with E-state index in [0.29, 0.717) is 0 Å². The average Bonchev–Trinajstić information content (AvgIpc) is 2.79. The van der Waals surface area contributed by atoms with Gasteiger partial charge in [0.05, 0.1) is 6.66 Å². The third kappa shape index (κ3) is 3.85. The summed E-state index contributed by atoms with van der Waals surface area (Å²) in [5, 5.41) is 4.26. The van der Waals surface area contributed by atoms with Gasteiger partial charge in [-0.2, -0.15) is 0 Å². The molecule has 0 aliphatic carbocycles. The van der Waals surface area contributed by atoms with E-state index in [-0.39, 0.29) is 5.41 Å². The second-order valence-corrected chi connectivity index (χ2v) is 12.5. The number of hydrogen-bond acceptors (Lipinski definition) is 0. The van der Waals surface area contributed by atoms with Crippen molar-refractivity contribution in [3.05, 3.63) is 115 Å². The average molecular weight is 410 g/mol. The second kappa shape index (κ2) is 8.21. The molecule has 1 heteroatoms. The van der Waals surface area contributed by atoms with Crippen molar-refractivity contribution in [3.8, 4) is 11.1 Å². The Morgan fingerprint density at radius 1 is 0.533 bits per heavy atom. The van der Waals surface area contributed by atoms with Gasteiger partial charge in [-0.05, 0) is 46.9 Å². The van der Waals surface area contributed by atoms with Gasteiger partial charge in [-0.3, -0.25) is 0 Å². The minimum atomic E-state index is -1.77. The third-order valence-electron chi connectivity index (χ3n) is 5.99. The van der Waals surface area contributed by atoms with Crippen LogP contribution in [-0.4, -0.2) is 6.66 Å². The van der Waals surface area contributed by atoms with Crippen molar-refractivity contribution in [2.24, 2.45) is 0 Å².